The Morgan fingerprint density at radius 1 is 1.56 bits per heavy atom. The van der Waals surface area contributed by atoms with E-state index < -0.39 is 0 Å². The maximum Gasteiger partial charge on any atom is 0.253 e. The summed E-state index contributed by atoms with van der Waals surface area (Å²) in [6.07, 6.45) is 2.01. The molecule has 1 rings (SSSR count). The molecule has 0 atom stereocenters. The van der Waals surface area contributed by atoms with Crippen molar-refractivity contribution in [2.75, 3.05) is 31.3 Å². The SMILES string of the molecule is CSCCN(C)C(=O)c1ccc(Cl)c(N)c1. The van der Waals surface area contributed by atoms with E-state index in [2.05, 4.69) is 0 Å². The zero-order chi connectivity index (χ0) is 12.1. The maximum absolute atomic E-state index is 11.9. The molecule has 88 valence electrons. The summed E-state index contributed by atoms with van der Waals surface area (Å²) in [6, 6.07) is 4.95. The fourth-order valence-corrected chi connectivity index (χ4v) is 1.80. The second-order valence-corrected chi connectivity index (χ2v) is 4.85. The van der Waals surface area contributed by atoms with E-state index in [1.54, 1.807) is 41.9 Å². The Bertz CT molecular complexity index is 384. The van der Waals surface area contributed by atoms with Crippen molar-refractivity contribution < 1.29 is 4.79 Å². The van der Waals surface area contributed by atoms with Gasteiger partial charge in [0.15, 0.2) is 0 Å². The van der Waals surface area contributed by atoms with Crippen LogP contribution in [0.15, 0.2) is 18.2 Å². The number of nitrogens with two attached hydrogens (primary N) is 1. The lowest BCUT2D eigenvalue weighted by molar-refractivity contribution is 0.0804. The normalized spacial score (nSPS) is 10.2. The summed E-state index contributed by atoms with van der Waals surface area (Å²) >= 11 is 7.50. The van der Waals surface area contributed by atoms with Crippen LogP contribution in [-0.2, 0) is 0 Å². The van der Waals surface area contributed by atoms with E-state index in [1.807, 2.05) is 6.26 Å². The first-order valence-corrected chi connectivity index (χ1v) is 6.63. The Morgan fingerprint density at radius 3 is 2.81 bits per heavy atom. The van der Waals surface area contributed by atoms with Crippen LogP contribution in [0.2, 0.25) is 5.02 Å². The van der Waals surface area contributed by atoms with E-state index >= 15 is 0 Å². The summed E-state index contributed by atoms with van der Waals surface area (Å²) < 4.78 is 0. The molecule has 0 saturated carbocycles. The highest BCUT2D eigenvalue weighted by Crippen LogP contribution is 2.20. The third-order valence-corrected chi connectivity index (χ3v) is 3.16. The predicted molar refractivity (Wildman–Crippen MR) is 71.2 cm³/mol. The summed E-state index contributed by atoms with van der Waals surface area (Å²) in [7, 11) is 1.78. The third kappa shape index (κ3) is 3.32. The van der Waals surface area contributed by atoms with Crippen molar-refractivity contribution in [3.05, 3.63) is 28.8 Å². The van der Waals surface area contributed by atoms with Crippen LogP contribution in [0, 0.1) is 0 Å². The van der Waals surface area contributed by atoms with Gasteiger partial charge in [0, 0.05) is 24.9 Å². The number of anilines is 1. The fraction of sp³-hybridized carbons (Fsp3) is 0.364. The van der Waals surface area contributed by atoms with E-state index in [9.17, 15) is 4.79 Å². The molecular formula is C11H15ClN2OS. The number of carbonyl (C=O) groups excluding carboxylic acids is 1. The van der Waals surface area contributed by atoms with Crippen molar-refractivity contribution in [1.29, 1.82) is 0 Å². The summed E-state index contributed by atoms with van der Waals surface area (Å²) in [5, 5.41) is 0.475. The summed E-state index contributed by atoms with van der Waals surface area (Å²) in [6.45, 7) is 0.725. The Kier molecular flexibility index (Phi) is 4.96. The Labute approximate surface area is 105 Å². The second kappa shape index (κ2) is 6.01. The molecule has 0 unspecified atom stereocenters. The minimum atomic E-state index is -0.0302. The second-order valence-electron chi connectivity index (χ2n) is 3.46. The van der Waals surface area contributed by atoms with E-state index in [4.69, 9.17) is 17.3 Å². The summed E-state index contributed by atoms with van der Waals surface area (Å²) in [5.74, 6) is 0.892. The first-order valence-electron chi connectivity index (χ1n) is 4.85. The van der Waals surface area contributed by atoms with Gasteiger partial charge in [-0.05, 0) is 24.5 Å². The number of thioether (sulfide) groups is 1. The van der Waals surface area contributed by atoms with Crippen molar-refractivity contribution >= 4 is 35.0 Å². The van der Waals surface area contributed by atoms with Gasteiger partial charge in [0.25, 0.3) is 5.91 Å². The van der Waals surface area contributed by atoms with Crippen molar-refractivity contribution in [2.24, 2.45) is 0 Å². The quantitative estimate of drug-likeness (QED) is 0.844. The smallest absolute Gasteiger partial charge is 0.253 e. The van der Waals surface area contributed by atoms with Crippen LogP contribution < -0.4 is 5.73 Å². The largest absolute Gasteiger partial charge is 0.398 e. The topological polar surface area (TPSA) is 46.3 Å². The van der Waals surface area contributed by atoms with Crippen LogP contribution in [-0.4, -0.2) is 36.4 Å². The van der Waals surface area contributed by atoms with Gasteiger partial charge in [-0.1, -0.05) is 11.6 Å². The molecule has 3 nitrogen and oxygen atoms in total. The van der Waals surface area contributed by atoms with Crippen LogP contribution in [0.1, 0.15) is 10.4 Å². The molecule has 1 amide bonds. The molecule has 0 heterocycles. The van der Waals surface area contributed by atoms with Gasteiger partial charge in [0.05, 0.1) is 10.7 Å². The fourth-order valence-electron chi connectivity index (χ4n) is 1.23. The van der Waals surface area contributed by atoms with E-state index in [0.717, 1.165) is 12.3 Å². The molecule has 0 saturated heterocycles. The van der Waals surface area contributed by atoms with Crippen LogP contribution >= 0.6 is 23.4 Å². The predicted octanol–water partition coefficient (Wildman–Crippen LogP) is 2.36. The van der Waals surface area contributed by atoms with Crippen molar-refractivity contribution in [1.82, 2.24) is 4.90 Å². The minimum absolute atomic E-state index is 0.0302. The number of nitrogens with zero attached hydrogens (tertiary/aromatic N) is 1. The Balaban J connectivity index is 2.76. The molecule has 0 spiro atoms. The number of hydrogen-bond acceptors (Lipinski definition) is 3. The van der Waals surface area contributed by atoms with Crippen molar-refractivity contribution in [3.63, 3.8) is 0 Å². The molecule has 0 aromatic heterocycles. The van der Waals surface area contributed by atoms with E-state index in [1.165, 1.54) is 0 Å². The molecule has 5 heteroatoms. The number of rotatable bonds is 4. The molecule has 1 aromatic rings. The van der Waals surface area contributed by atoms with Gasteiger partial charge in [-0.2, -0.15) is 11.8 Å². The number of amides is 1. The van der Waals surface area contributed by atoms with Gasteiger partial charge in [-0.25, -0.2) is 0 Å². The molecule has 0 aliphatic rings. The Hall–Kier alpha value is -0.870. The first kappa shape index (κ1) is 13.2. The van der Waals surface area contributed by atoms with Gasteiger partial charge in [0.1, 0.15) is 0 Å². The van der Waals surface area contributed by atoms with Gasteiger partial charge < -0.3 is 10.6 Å². The molecular weight excluding hydrogens is 244 g/mol. The standard InChI is InChI=1S/C11H15ClN2OS/c1-14(5-6-16-2)11(15)8-3-4-9(12)10(13)7-8/h3-4,7H,5-6,13H2,1-2H3. The highest BCUT2D eigenvalue weighted by molar-refractivity contribution is 7.98. The lowest BCUT2D eigenvalue weighted by Gasteiger charge is -2.16. The van der Waals surface area contributed by atoms with Crippen LogP contribution in [0.25, 0.3) is 0 Å². The number of carbonyl (C=O) groups is 1. The molecule has 16 heavy (non-hydrogen) atoms. The number of hydrogen-bond donors (Lipinski definition) is 1. The lowest BCUT2D eigenvalue weighted by Crippen LogP contribution is -2.28. The highest BCUT2D eigenvalue weighted by Gasteiger charge is 2.12. The van der Waals surface area contributed by atoms with Gasteiger partial charge >= 0.3 is 0 Å². The number of halogens is 1. The summed E-state index contributed by atoms with van der Waals surface area (Å²) in [4.78, 5) is 13.6. The van der Waals surface area contributed by atoms with Crippen LogP contribution in [0.5, 0.6) is 0 Å². The zero-order valence-electron chi connectivity index (χ0n) is 9.37. The lowest BCUT2D eigenvalue weighted by atomic mass is 10.2. The number of benzene rings is 1. The number of nitrogen functional groups attached to an aromatic ring is 1. The molecule has 0 fully saturated rings. The third-order valence-electron chi connectivity index (χ3n) is 2.22. The van der Waals surface area contributed by atoms with Crippen LogP contribution in [0.4, 0.5) is 5.69 Å². The van der Waals surface area contributed by atoms with Crippen LogP contribution in [0.3, 0.4) is 0 Å². The molecule has 0 aliphatic heterocycles. The Morgan fingerprint density at radius 2 is 2.25 bits per heavy atom. The molecule has 2 N–H and O–H groups in total. The molecule has 0 aliphatic carbocycles. The summed E-state index contributed by atoms with van der Waals surface area (Å²) in [5.41, 5.74) is 6.66. The molecule has 0 radical (unpaired) electrons. The van der Waals surface area contributed by atoms with Crippen molar-refractivity contribution in [3.8, 4) is 0 Å². The first-order chi connectivity index (χ1) is 7.56. The van der Waals surface area contributed by atoms with E-state index in [0.29, 0.717) is 16.3 Å². The monoisotopic (exact) mass is 258 g/mol. The zero-order valence-corrected chi connectivity index (χ0v) is 10.9. The van der Waals surface area contributed by atoms with Crippen molar-refractivity contribution in [2.45, 2.75) is 0 Å². The van der Waals surface area contributed by atoms with Gasteiger partial charge in [0.2, 0.25) is 0 Å². The molecule has 1 aromatic carbocycles. The average molecular weight is 259 g/mol. The minimum Gasteiger partial charge on any atom is -0.398 e. The van der Waals surface area contributed by atoms with Gasteiger partial charge in [-0.15, -0.1) is 0 Å². The average Bonchev–Trinajstić information content (AvgIpc) is 2.28. The van der Waals surface area contributed by atoms with Gasteiger partial charge in [-0.3, -0.25) is 4.79 Å². The maximum atomic E-state index is 11.9. The van der Waals surface area contributed by atoms with E-state index in [-0.39, 0.29) is 5.91 Å². The highest BCUT2D eigenvalue weighted by atomic mass is 35.5. The molecule has 0 bridgehead atoms.